The van der Waals surface area contributed by atoms with Crippen LogP contribution in [0.3, 0.4) is 0 Å². The lowest BCUT2D eigenvalue weighted by Gasteiger charge is -2.25. The summed E-state index contributed by atoms with van der Waals surface area (Å²) < 4.78 is 10.6. The molecule has 2 aliphatic rings. The van der Waals surface area contributed by atoms with Crippen molar-refractivity contribution in [2.24, 2.45) is 0 Å². The fourth-order valence-corrected chi connectivity index (χ4v) is 3.91. The number of carbonyl (C=O) groups is 3. The molecule has 4 rings (SSSR count). The molecule has 4 amide bonds. The smallest absolute Gasteiger partial charge is 0.326 e. The summed E-state index contributed by atoms with van der Waals surface area (Å²) in [4.78, 5) is 39.7. The van der Waals surface area contributed by atoms with Gasteiger partial charge in [-0.2, -0.15) is 0 Å². The highest BCUT2D eigenvalue weighted by Crippen LogP contribution is 2.33. The summed E-state index contributed by atoms with van der Waals surface area (Å²) in [7, 11) is 0. The van der Waals surface area contributed by atoms with Gasteiger partial charge in [0.15, 0.2) is 11.5 Å². The van der Waals surface area contributed by atoms with Crippen molar-refractivity contribution >= 4 is 17.8 Å². The third-order valence-corrected chi connectivity index (χ3v) is 6.05. The maximum Gasteiger partial charge on any atom is 0.326 e. The minimum Gasteiger partial charge on any atom is -0.454 e. The van der Waals surface area contributed by atoms with Crippen molar-refractivity contribution in [2.75, 3.05) is 6.79 Å². The van der Waals surface area contributed by atoms with Crippen LogP contribution in [0.5, 0.6) is 11.5 Å². The molecule has 2 aliphatic heterocycles. The third kappa shape index (κ3) is 3.77. The van der Waals surface area contributed by atoms with Crippen molar-refractivity contribution in [3.05, 3.63) is 59.2 Å². The SMILES string of the molecule is CC(C)c1ccc([C@]2(C)NC(=O)N([C@H](C)C(=O)NCc3ccc4c(c3)OCO4)C2=O)cc1. The molecule has 168 valence electrons. The first-order valence-electron chi connectivity index (χ1n) is 10.6. The highest BCUT2D eigenvalue weighted by Gasteiger charge is 2.51. The van der Waals surface area contributed by atoms with E-state index in [4.69, 9.17) is 9.47 Å². The molecule has 0 radical (unpaired) electrons. The Morgan fingerprint density at radius 2 is 1.78 bits per heavy atom. The lowest BCUT2D eigenvalue weighted by atomic mass is 9.90. The van der Waals surface area contributed by atoms with Crippen molar-refractivity contribution < 1.29 is 23.9 Å². The topological polar surface area (TPSA) is 97.0 Å². The molecular weight excluding hydrogens is 410 g/mol. The average molecular weight is 437 g/mol. The molecule has 8 nitrogen and oxygen atoms in total. The molecule has 2 atom stereocenters. The molecule has 2 N–H and O–H groups in total. The Hall–Kier alpha value is -3.55. The molecule has 0 unspecified atom stereocenters. The molecule has 1 saturated heterocycles. The lowest BCUT2D eigenvalue weighted by molar-refractivity contribution is -0.137. The van der Waals surface area contributed by atoms with Gasteiger partial charge in [0.05, 0.1) is 0 Å². The van der Waals surface area contributed by atoms with Gasteiger partial charge in [0.1, 0.15) is 11.6 Å². The van der Waals surface area contributed by atoms with E-state index in [1.165, 1.54) is 0 Å². The zero-order chi connectivity index (χ0) is 23.0. The molecule has 0 aliphatic carbocycles. The Morgan fingerprint density at radius 1 is 1.09 bits per heavy atom. The second kappa shape index (κ2) is 8.18. The first-order valence-corrected chi connectivity index (χ1v) is 10.6. The maximum atomic E-state index is 13.2. The lowest BCUT2D eigenvalue weighted by Crippen LogP contribution is -2.49. The van der Waals surface area contributed by atoms with Crippen LogP contribution in [0.1, 0.15) is 50.3 Å². The Balaban J connectivity index is 1.44. The van der Waals surface area contributed by atoms with Crippen LogP contribution in [-0.2, 0) is 21.7 Å². The number of amides is 4. The Bertz CT molecular complexity index is 1070. The normalized spacial score (nSPS) is 20.5. The number of nitrogens with zero attached hydrogens (tertiary/aromatic N) is 1. The van der Waals surface area contributed by atoms with Crippen LogP contribution in [0.4, 0.5) is 4.79 Å². The van der Waals surface area contributed by atoms with Gasteiger partial charge in [-0.25, -0.2) is 9.69 Å². The summed E-state index contributed by atoms with van der Waals surface area (Å²) in [5, 5.41) is 5.55. The van der Waals surface area contributed by atoms with Gasteiger partial charge in [0, 0.05) is 6.54 Å². The standard InChI is InChI=1S/C24H27N3O5/c1-14(2)17-6-8-18(9-7-17)24(4)22(29)27(23(30)26-24)15(3)21(28)25-12-16-5-10-19-20(11-16)32-13-31-19/h5-11,14-15H,12-13H2,1-4H3,(H,25,28)(H,26,30)/t15-,24+/m1/s1. The van der Waals surface area contributed by atoms with Gasteiger partial charge in [0.2, 0.25) is 12.7 Å². The molecule has 8 heteroatoms. The largest absolute Gasteiger partial charge is 0.454 e. The molecule has 2 heterocycles. The van der Waals surface area contributed by atoms with Crippen LogP contribution in [-0.4, -0.2) is 35.6 Å². The van der Waals surface area contributed by atoms with Gasteiger partial charge in [0.25, 0.3) is 5.91 Å². The first kappa shape index (κ1) is 21.7. The number of nitrogens with one attached hydrogen (secondary N) is 2. The minimum absolute atomic E-state index is 0.174. The van der Waals surface area contributed by atoms with Crippen LogP contribution >= 0.6 is 0 Å². The number of hydrogen-bond donors (Lipinski definition) is 2. The number of imide groups is 1. The van der Waals surface area contributed by atoms with Crippen LogP contribution in [0.25, 0.3) is 0 Å². The van der Waals surface area contributed by atoms with E-state index in [-0.39, 0.29) is 13.3 Å². The van der Waals surface area contributed by atoms with Gasteiger partial charge < -0.3 is 20.1 Å². The zero-order valence-electron chi connectivity index (χ0n) is 18.6. The molecule has 0 spiro atoms. The molecule has 0 aromatic heterocycles. The van der Waals surface area contributed by atoms with E-state index in [1.807, 2.05) is 30.3 Å². The van der Waals surface area contributed by atoms with E-state index in [0.717, 1.165) is 16.0 Å². The van der Waals surface area contributed by atoms with E-state index in [0.29, 0.717) is 23.0 Å². The number of carbonyl (C=O) groups excluding carboxylic acids is 3. The monoisotopic (exact) mass is 437 g/mol. The molecule has 2 aromatic rings. The molecule has 0 bridgehead atoms. The highest BCUT2D eigenvalue weighted by atomic mass is 16.7. The number of benzene rings is 2. The van der Waals surface area contributed by atoms with Gasteiger partial charge in [-0.1, -0.05) is 44.2 Å². The second-order valence-corrected chi connectivity index (χ2v) is 8.59. The van der Waals surface area contributed by atoms with E-state index in [1.54, 1.807) is 26.0 Å². The Kier molecular flexibility index (Phi) is 5.54. The number of ether oxygens (including phenoxy) is 2. The Morgan fingerprint density at radius 3 is 2.47 bits per heavy atom. The predicted octanol–water partition coefficient (Wildman–Crippen LogP) is 3.01. The van der Waals surface area contributed by atoms with Crippen molar-refractivity contribution in [1.29, 1.82) is 0 Å². The second-order valence-electron chi connectivity index (χ2n) is 8.59. The third-order valence-electron chi connectivity index (χ3n) is 6.05. The summed E-state index contributed by atoms with van der Waals surface area (Å²) in [6.07, 6.45) is 0. The predicted molar refractivity (Wildman–Crippen MR) is 117 cm³/mol. The van der Waals surface area contributed by atoms with Crippen molar-refractivity contribution in [1.82, 2.24) is 15.5 Å². The molecular formula is C24H27N3O5. The van der Waals surface area contributed by atoms with Crippen molar-refractivity contribution in [2.45, 2.75) is 51.7 Å². The van der Waals surface area contributed by atoms with E-state index >= 15 is 0 Å². The average Bonchev–Trinajstić information content (AvgIpc) is 3.33. The fourth-order valence-electron chi connectivity index (χ4n) is 3.91. The number of fused-ring (bicyclic) bond motifs is 1. The van der Waals surface area contributed by atoms with E-state index < -0.39 is 29.4 Å². The summed E-state index contributed by atoms with van der Waals surface area (Å²) in [6, 6.07) is 11.4. The van der Waals surface area contributed by atoms with Gasteiger partial charge in [-0.05, 0) is 48.6 Å². The summed E-state index contributed by atoms with van der Waals surface area (Å²) in [5.41, 5.74) is 1.42. The van der Waals surface area contributed by atoms with Crippen molar-refractivity contribution in [3.8, 4) is 11.5 Å². The fraction of sp³-hybridized carbons (Fsp3) is 0.375. The van der Waals surface area contributed by atoms with Crippen molar-refractivity contribution in [3.63, 3.8) is 0 Å². The summed E-state index contributed by atoms with van der Waals surface area (Å²) in [6.45, 7) is 7.79. The first-order chi connectivity index (χ1) is 15.2. The van der Waals surface area contributed by atoms with Gasteiger partial charge >= 0.3 is 6.03 Å². The van der Waals surface area contributed by atoms with E-state index in [2.05, 4.69) is 24.5 Å². The molecule has 2 aromatic carbocycles. The maximum absolute atomic E-state index is 13.2. The van der Waals surface area contributed by atoms with Gasteiger partial charge in [-0.3, -0.25) is 9.59 Å². The minimum atomic E-state index is -1.22. The molecule has 0 saturated carbocycles. The number of rotatable bonds is 6. The van der Waals surface area contributed by atoms with Crippen LogP contribution < -0.4 is 20.1 Å². The zero-order valence-corrected chi connectivity index (χ0v) is 18.6. The number of urea groups is 1. The highest BCUT2D eigenvalue weighted by molar-refractivity contribution is 6.09. The van der Waals surface area contributed by atoms with E-state index in [9.17, 15) is 14.4 Å². The molecule has 32 heavy (non-hydrogen) atoms. The summed E-state index contributed by atoms with van der Waals surface area (Å²) in [5.74, 6) is 0.762. The van der Waals surface area contributed by atoms with Crippen LogP contribution in [0.15, 0.2) is 42.5 Å². The van der Waals surface area contributed by atoms with Gasteiger partial charge in [-0.15, -0.1) is 0 Å². The number of hydrogen-bond acceptors (Lipinski definition) is 5. The Labute approximate surface area is 186 Å². The quantitative estimate of drug-likeness (QED) is 0.677. The van der Waals surface area contributed by atoms with Crippen LogP contribution in [0, 0.1) is 0 Å². The molecule has 1 fully saturated rings. The van der Waals surface area contributed by atoms with Crippen LogP contribution in [0.2, 0.25) is 0 Å². The summed E-state index contributed by atoms with van der Waals surface area (Å²) >= 11 is 0.